The van der Waals surface area contributed by atoms with Crippen LogP contribution in [0.4, 0.5) is 0 Å². The summed E-state index contributed by atoms with van der Waals surface area (Å²) in [5.41, 5.74) is 1.58. The Morgan fingerprint density at radius 3 is 2.57 bits per heavy atom. The first-order valence-electron chi connectivity index (χ1n) is 6.56. The molecule has 80 valence electrons. The highest BCUT2D eigenvalue weighted by Gasteiger charge is 2.79. The second-order valence-electron chi connectivity index (χ2n) is 6.70. The van der Waals surface area contributed by atoms with E-state index in [2.05, 4.69) is 27.7 Å². The fraction of sp³-hybridized carbons (Fsp3) is 1.00. The van der Waals surface area contributed by atoms with E-state index >= 15 is 0 Å². The van der Waals surface area contributed by atoms with Crippen LogP contribution in [0.2, 0.25) is 0 Å². The molecular formula is C14H24. The van der Waals surface area contributed by atoms with Gasteiger partial charge in [-0.25, -0.2) is 0 Å². The zero-order chi connectivity index (χ0) is 10.1. The van der Waals surface area contributed by atoms with Crippen molar-refractivity contribution in [3.63, 3.8) is 0 Å². The first-order valence-corrected chi connectivity index (χ1v) is 6.56. The summed E-state index contributed by atoms with van der Waals surface area (Å²) >= 11 is 0. The Bertz CT molecular complexity index is 269. The van der Waals surface area contributed by atoms with E-state index in [0.717, 1.165) is 34.5 Å². The van der Waals surface area contributed by atoms with Gasteiger partial charge in [-0.1, -0.05) is 34.1 Å². The molecule has 3 fully saturated rings. The first kappa shape index (κ1) is 9.24. The van der Waals surface area contributed by atoms with Crippen LogP contribution in [0, 0.1) is 34.5 Å². The van der Waals surface area contributed by atoms with Crippen molar-refractivity contribution >= 4 is 0 Å². The fourth-order valence-electron chi connectivity index (χ4n) is 5.47. The van der Waals surface area contributed by atoms with Crippen LogP contribution in [0.25, 0.3) is 0 Å². The lowest BCUT2D eigenvalue weighted by Crippen LogP contribution is -2.43. The van der Waals surface area contributed by atoms with Gasteiger partial charge in [-0.2, -0.15) is 0 Å². The van der Waals surface area contributed by atoms with Gasteiger partial charge in [0.2, 0.25) is 0 Å². The number of hydrogen-bond donors (Lipinski definition) is 0. The van der Waals surface area contributed by atoms with Crippen LogP contribution < -0.4 is 0 Å². The van der Waals surface area contributed by atoms with Crippen molar-refractivity contribution in [3.05, 3.63) is 0 Å². The van der Waals surface area contributed by atoms with Crippen molar-refractivity contribution in [1.29, 1.82) is 0 Å². The van der Waals surface area contributed by atoms with Crippen molar-refractivity contribution in [1.82, 2.24) is 0 Å². The highest BCUT2D eigenvalue weighted by molar-refractivity contribution is 5.27. The molecule has 0 aromatic heterocycles. The van der Waals surface area contributed by atoms with E-state index in [9.17, 15) is 0 Å². The molecule has 6 atom stereocenters. The molecule has 0 aromatic carbocycles. The smallest absolute Gasteiger partial charge is 0.0227 e. The van der Waals surface area contributed by atoms with Crippen molar-refractivity contribution in [2.24, 2.45) is 34.5 Å². The molecule has 0 heteroatoms. The zero-order valence-corrected chi connectivity index (χ0v) is 10.1. The summed E-state index contributed by atoms with van der Waals surface area (Å²) in [5.74, 6) is 4.20. The van der Waals surface area contributed by atoms with E-state index in [0.29, 0.717) is 0 Å². The monoisotopic (exact) mass is 192 g/mol. The number of rotatable bonds is 1. The Labute approximate surface area is 88.5 Å². The van der Waals surface area contributed by atoms with Gasteiger partial charge in [0.15, 0.2) is 0 Å². The lowest BCUT2D eigenvalue weighted by Gasteiger charge is -2.50. The van der Waals surface area contributed by atoms with Gasteiger partial charge < -0.3 is 0 Å². The Balaban J connectivity index is 1.91. The van der Waals surface area contributed by atoms with E-state index in [1.54, 1.807) is 12.8 Å². The van der Waals surface area contributed by atoms with Crippen molar-refractivity contribution < 1.29 is 0 Å². The molecule has 0 heterocycles. The topological polar surface area (TPSA) is 0 Å². The third kappa shape index (κ3) is 0.750. The summed E-state index contributed by atoms with van der Waals surface area (Å²) in [7, 11) is 0. The van der Waals surface area contributed by atoms with Crippen LogP contribution >= 0.6 is 0 Å². The molecule has 0 spiro atoms. The third-order valence-electron chi connectivity index (χ3n) is 6.56. The maximum atomic E-state index is 2.58. The van der Waals surface area contributed by atoms with Crippen molar-refractivity contribution in [2.75, 3.05) is 0 Å². The van der Waals surface area contributed by atoms with Crippen molar-refractivity contribution in [3.8, 4) is 0 Å². The molecule has 0 radical (unpaired) electrons. The molecular weight excluding hydrogens is 168 g/mol. The van der Waals surface area contributed by atoms with Gasteiger partial charge in [-0.05, 0) is 53.8 Å². The molecule has 0 saturated heterocycles. The fourth-order valence-corrected chi connectivity index (χ4v) is 5.47. The number of hydrogen-bond acceptors (Lipinski definition) is 0. The molecule has 3 rings (SSSR count). The number of fused-ring (bicyclic) bond motifs is 1. The summed E-state index contributed by atoms with van der Waals surface area (Å²) < 4.78 is 0. The van der Waals surface area contributed by atoms with Gasteiger partial charge in [0.1, 0.15) is 0 Å². The Morgan fingerprint density at radius 1 is 1.21 bits per heavy atom. The second-order valence-corrected chi connectivity index (χ2v) is 6.70. The van der Waals surface area contributed by atoms with Gasteiger partial charge in [0.05, 0.1) is 0 Å². The van der Waals surface area contributed by atoms with Crippen LogP contribution in [-0.2, 0) is 0 Å². The zero-order valence-electron chi connectivity index (χ0n) is 10.1. The minimum atomic E-state index is 0.733. The van der Waals surface area contributed by atoms with E-state index in [-0.39, 0.29) is 0 Å². The molecule has 0 bridgehead atoms. The summed E-state index contributed by atoms with van der Waals surface area (Å²) in [6, 6.07) is 0. The molecule has 0 amide bonds. The summed E-state index contributed by atoms with van der Waals surface area (Å²) in [6.07, 6.45) is 6.05. The van der Waals surface area contributed by atoms with Gasteiger partial charge in [0, 0.05) is 0 Å². The predicted octanol–water partition coefficient (Wildman–Crippen LogP) is 4.10. The summed E-state index contributed by atoms with van der Waals surface area (Å²) in [6.45, 7) is 10.00. The second kappa shape index (κ2) is 2.39. The van der Waals surface area contributed by atoms with Crippen LogP contribution in [0.1, 0.15) is 53.4 Å². The highest BCUT2D eigenvalue weighted by Crippen LogP contribution is 2.85. The Hall–Kier alpha value is 0. The van der Waals surface area contributed by atoms with E-state index < -0.39 is 0 Å². The lowest BCUT2D eigenvalue weighted by atomic mass is 9.54. The molecule has 3 saturated carbocycles. The highest BCUT2D eigenvalue weighted by atomic mass is 14.8. The molecule has 0 aliphatic heterocycles. The molecule has 0 aromatic rings. The van der Waals surface area contributed by atoms with Crippen LogP contribution in [0.15, 0.2) is 0 Å². The SMILES string of the molecule is CCC12CC3(C)C(C)C(C)CCC1C32. The minimum absolute atomic E-state index is 0.733. The predicted molar refractivity (Wildman–Crippen MR) is 60.0 cm³/mol. The maximum Gasteiger partial charge on any atom is -0.0227 e. The average molecular weight is 192 g/mol. The van der Waals surface area contributed by atoms with Crippen molar-refractivity contribution in [2.45, 2.75) is 53.4 Å². The minimum Gasteiger partial charge on any atom is -0.0648 e. The standard InChI is InChI=1S/C14H24/c1-5-14-8-13(4)10(3)9(2)6-7-11(14)12(13)14/h9-12H,5-8H2,1-4H3. The largest absolute Gasteiger partial charge is 0.0648 e. The molecule has 3 aliphatic carbocycles. The third-order valence-corrected chi connectivity index (χ3v) is 6.56. The Kier molecular flexibility index (Phi) is 1.58. The summed E-state index contributed by atoms with van der Waals surface area (Å²) in [5, 5.41) is 0. The lowest BCUT2D eigenvalue weighted by molar-refractivity contribution is -0.0190. The normalized spacial score (nSPS) is 65.1. The van der Waals surface area contributed by atoms with Gasteiger partial charge in [-0.15, -0.1) is 0 Å². The molecule has 0 N–H and O–H groups in total. The quantitative estimate of drug-likeness (QED) is 0.586. The van der Waals surface area contributed by atoms with E-state index in [1.165, 1.54) is 12.8 Å². The first-order chi connectivity index (χ1) is 6.56. The molecule has 6 unspecified atom stereocenters. The van der Waals surface area contributed by atoms with Crippen LogP contribution in [-0.4, -0.2) is 0 Å². The average Bonchev–Trinajstić information content (AvgIpc) is 2.73. The summed E-state index contributed by atoms with van der Waals surface area (Å²) in [4.78, 5) is 0. The van der Waals surface area contributed by atoms with Gasteiger partial charge in [0.25, 0.3) is 0 Å². The van der Waals surface area contributed by atoms with Crippen LogP contribution in [0.5, 0.6) is 0 Å². The van der Waals surface area contributed by atoms with Crippen LogP contribution in [0.3, 0.4) is 0 Å². The maximum absolute atomic E-state index is 2.58. The molecule has 3 aliphatic rings. The van der Waals surface area contributed by atoms with Gasteiger partial charge >= 0.3 is 0 Å². The van der Waals surface area contributed by atoms with E-state index in [1.807, 2.05) is 0 Å². The Morgan fingerprint density at radius 2 is 1.93 bits per heavy atom. The van der Waals surface area contributed by atoms with E-state index in [4.69, 9.17) is 0 Å². The molecule has 0 nitrogen and oxygen atoms in total. The van der Waals surface area contributed by atoms with Gasteiger partial charge in [-0.3, -0.25) is 0 Å². The molecule has 14 heavy (non-hydrogen) atoms.